The molecule has 0 saturated carbocycles. The Kier molecular flexibility index (Phi) is 8.09. The van der Waals surface area contributed by atoms with E-state index in [2.05, 4.69) is 34.7 Å². The summed E-state index contributed by atoms with van der Waals surface area (Å²) in [6.45, 7) is 3.95. The molecule has 0 saturated heterocycles. The van der Waals surface area contributed by atoms with Crippen molar-refractivity contribution in [2.75, 3.05) is 10.6 Å². The van der Waals surface area contributed by atoms with Crippen LogP contribution in [0.2, 0.25) is 0 Å². The van der Waals surface area contributed by atoms with Crippen LogP contribution in [0, 0.1) is 35.3 Å². The van der Waals surface area contributed by atoms with Crippen molar-refractivity contribution >= 4 is 73.7 Å². The first-order valence-corrected chi connectivity index (χ1v) is 11.8. The minimum absolute atomic E-state index is 0. The molecule has 0 amide bonds. The Bertz CT molecular complexity index is 1450. The standard InChI is InChI=1S/C12H9N3O2S.C12H11N3S.ClH/c1-8-6-9(7-13)12(18-8)14-10-4-2-3-5-11(10)15(16)17;1-7-6-8-11(13)14-9-4-2-3-5-10(9)15-12(8)16-7;/h2-6,14H,1H3;2-6,15H,1H3,(H2,13,14);1H. The predicted octanol–water partition coefficient (Wildman–Crippen LogP) is 7.15. The number of nitrogens with two attached hydrogens (primary N) is 1. The molecule has 4 N–H and O–H groups in total. The van der Waals surface area contributed by atoms with Gasteiger partial charge in [0.25, 0.3) is 5.69 Å². The van der Waals surface area contributed by atoms with Crippen molar-refractivity contribution in [2.24, 2.45) is 10.7 Å². The third-order valence-corrected chi connectivity index (χ3v) is 6.78. The van der Waals surface area contributed by atoms with Crippen LogP contribution in [0.1, 0.15) is 20.9 Å². The SMILES string of the molecule is Cc1cc(C#N)c(Nc2ccccc2[N+](=O)[O-])s1.Cc1cc2c(s1)Nc1ccccc1N=C2N.Cl. The first kappa shape index (κ1) is 25.7. The molecule has 2 aromatic heterocycles. The van der Waals surface area contributed by atoms with Crippen molar-refractivity contribution in [2.45, 2.75) is 13.8 Å². The number of benzene rings is 2. The number of hydrogen-bond donors (Lipinski definition) is 3. The van der Waals surface area contributed by atoms with Gasteiger partial charge in [-0.2, -0.15) is 5.26 Å². The van der Waals surface area contributed by atoms with E-state index in [4.69, 9.17) is 11.0 Å². The Morgan fingerprint density at radius 1 is 1.09 bits per heavy atom. The van der Waals surface area contributed by atoms with Gasteiger partial charge >= 0.3 is 0 Å². The van der Waals surface area contributed by atoms with Crippen LogP contribution < -0.4 is 16.4 Å². The molecule has 0 unspecified atom stereocenters. The number of anilines is 4. The number of aliphatic imine (C=N–C) groups is 1. The monoisotopic (exact) mass is 524 g/mol. The normalized spacial score (nSPS) is 11.1. The molecule has 178 valence electrons. The molecule has 11 heteroatoms. The second-order valence-electron chi connectivity index (χ2n) is 7.35. The van der Waals surface area contributed by atoms with Crippen LogP contribution in [-0.4, -0.2) is 10.8 Å². The highest BCUT2D eigenvalue weighted by molar-refractivity contribution is 7.16. The lowest BCUT2D eigenvalue weighted by Gasteiger charge is -2.04. The second kappa shape index (κ2) is 11.0. The molecular weight excluding hydrogens is 504 g/mol. The predicted molar refractivity (Wildman–Crippen MR) is 147 cm³/mol. The first-order chi connectivity index (χ1) is 16.4. The van der Waals surface area contributed by atoms with Crippen LogP contribution in [-0.2, 0) is 0 Å². The number of aryl methyl sites for hydroxylation is 2. The summed E-state index contributed by atoms with van der Waals surface area (Å²) in [6.07, 6.45) is 0. The van der Waals surface area contributed by atoms with Gasteiger partial charge in [0, 0.05) is 15.8 Å². The van der Waals surface area contributed by atoms with Crippen molar-refractivity contribution in [3.05, 3.63) is 91.7 Å². The zero-order valence-electron chi connectivity index (χ0n) is 18.7. The van der Waals surface area contributed by atoms with Crippen LogP contribution >= 0.6 is 35.1 Å². The minimum Gasteiger partial charge on any atom is -0.383 e. The number of para-hydroxylation sites is 4. The number of nitriles is 1. The Morgan fingerprint density at radius 3 is 2.51 bits per heavy atom. The smallest absolute Gasteiger partial charge is 0.292 e. The Balaban J connectivity index is 0.000000191. The number of amidine groups is 1. The zero-order valence-corrected chi connectivity index (χ0v) is 21.2. The van der Waals surface area contributed by atoms with Gasteiger partial charge < -0.3 is 16.4 Å². The molecule has 0 bridgehead atoms. The van der Waals surface area contributed by atoms with Crippen molar-refractivity contribution < 1.29 is 4.92 Å². The number of fused-ring (bicyclic) bond motifs is 2. The summed E-state index contributed by atoms with van der Waals surface area (Å²) in [5.41, 5.74) is 9.76. The summed E-state index contributed by atoms with van der Waals surface area (Å²) in [7, 11) is 0. The summed E-state index contributed by atoms with van der Waals surface area (Å²) >= 11 is 3.10. The fourth-order valence-electron chi connectivity index (χ4n) is 3.34. The number of hydrogen-bond acceptors (Lipinski definition) is 9. The molecule has 1 aliphatic rings. The van der Waals surface area contributed by atoms with E-state index in [1.165, 1.54) is 22.3 Å². The first-order valence-electron chi connectivity index (χ1n) is 10.2. The molecule has 3 heterocycles. The van der Waals surface area contributed by atoms with Crippen LogP contribution in [0.3, 0.4) is 0 Å². The summed E-state index contributed by atoms with van der Waals surface area (Å²) < 4.78 is 0. The van der Waals surface area contributed by atoms with Crippen LogP contribution in [0.25, 0.3) is 0 Å². The summed E-state index contributed by atoms with van der Waals surface area (Å²) in [6, 6.07) is 20.2. The highest BCUT2D eigenvalue weighted by atomic mass is 35.5. The van der Waals surface area contributed by atoms with Gasteiger partial charge in [-0.15, -0.1) is 35.1 Å². The number of nitrogens with one attached hydrogen (secondary N) is 2. The van der Waals surface area contributed by atoms with Gasteiger partial charge in [-0.05, 0) is 44.2 Å². The fraction of sp³-hybridized carbons (Fsp3) is 0.0833. The maximum absolute atomic E-state index is 10.9. The van der Waals surface area contributed by atoms with E-state index in [9.17, 15) is 10.1 Å². The number of rotatable bonds is 3. The van der Waals surface area contributed by atoms with Gasteiger partial charge in [0.15, 0.2) is 0 Å². The van der Waals surface area contributed by atoms with Crippen LogP contribution in [0.5, 0.6) is 0 Å². The number of halogens is 1. The maximum Gasteiger partial charge on any atom is 0.292 e. The molecule has 4 aromatic rings. The largest absolute Gasteiger partial charge is 0.383 e. The second-order valence-corrected chi connectivity index (χ2v) is 9.86. The van der Waals surface area contributed by atoms with Crippen LogP contribution in [0.4, 0.5) is 32.8 Å². The van der Waals surface area contributed by atoms with E-state index in [-0.39, 0.29) is 18.1 Å². The fourth-order valence-corrected chi connectivity index (χ4v) is 5.14. The van der Waals surface area contributed by atoms with E-state index < -0.39 is 4.92 Å². The van der Waals surface area contributed by atoms with Gasteiger partial charge in [-0.1, -0.05) is 24.3 Å². The van der Waals surface area contributed by atoms with E-state index in [1.807, 2.05) is 31.2 Å². The number of thiophene rings is 2. The third kappa shape index (κ3) is 5.78. The lowest BCUT2D eigenvalue weighted by Crippen LogP contribution is -2.11. The van der Waals surface area contributed by atoms with Crippen molar-refractivity contribution in [1.29, 1.82) is 5.26 Å². The zero-order chi connectivity index (χ0) is 24.2. The van der Waals surface area contributed by atoms with Gasteiger partial charge in [0.2, 0.25) is 0 Å². The van der Waals surface area contributed by atoms with E-state index in [0.29, 0.717) is 22.1 Å². The summed E-state index contributed by atoms with van der Waals surface area (Å²) in [5, 5.41) is 27.9. The van der Waals surface area contributed by atoms with Gasteiger partial charge in [0.1, 0.15) is 27.6 Å². The van der Waals surface area contributed by atoms with Gasteiger partial charge in [-0.3, -0.25) is 10.1 Å². The Labute approximate surface area is 216 Å². The lowest BCUT2D eigenvalue weighted by atomic mass is 10.2. The molecule has 35 heavy (non-hydrogen) atoms. The van der Waals surface area contributed by atoms with Crippen molar-refractivity contribution in [3.8, 4) is 6.07 Å². The molecule has 1 aliphatic heterocycles. The van der Waals surface area contributed by atoms with Crippen molar-refractivity contribution in [1.82, 2.24) is 0 Å². The maximum atomic E-state index is 10.9. The lowest BCUT2D eigenvalue weighted by molar-refractivity contribution is -0.383. The van der Waals surface area contributed by atoms with E-state index >= 15 is 0 Å². The molecule has 5 rings (SSSR count). The van der Waals surface area contributed by atoms with Crippen molar-refractivity contribution in [3.63, 3.8) is 0 Å². The van der Waals surface area contributed by atoms with Gasteiger partial charge in [-0.25, -0.2) is 4.99 Å². The van der Waals surface area contributed by atoms with E-state index in [1.54, 1.807) is 35.6 Å². The Morgan fingerprint density at radius 2 is 1.77 bits per heavy atom. The highest BCUT2D eigenvalue weighted by Gasteiger charge is 2.16. The number of nitrogens with zero attached hydrogens (tertiary/aromatic N) is 3. The highest BCUT2D eigenvalue weighted by Crippen LogP contribution is 2.37. The molecule has 0 atom stereocenters. The molecule has 0 radical (unpaired) electrons. The molecule has 2 aromatic carbocycles. The average Bonchev–Trinajstić information content (AvgIpc) is 3.33. The molecule has 0 spiro atoms. The molecule has 0 fully saturated rings. The van der Waals surface area contributed by atoms with Crippen LogP contribution in [0.15, 0.2) is 65.7 Å². The van der Waals surface area contributed by atoms with E-state index in [0.717, 1.165) is 26.8 Å². The summed E-state index contributed by atoms with van der Waals surface area (Å²) in [4.78, 5) is 17.1. The number of nitro groups is 1. The quantitative estimate of drug-likeness (QED) is 0.193. The minimum atomic E-state index is -0.450. The summed E-state index contributed by atoms with van der Waals surface area (Å²) in [5.74, 6) is 0.580. The number of nitro benzene ring substituents is 1. The Hall–Kier alpha value is -3.91. The average molecular weight is 525 g/mol. The molecule has 0 aliphatic carbocycles. The van der Waals surface area contributed by atoms with Gasteiger partial charge in [0.05, 0.1) is 27.4 Å². The molecule has 8 nitrogen and oxygen atoms in total. The molecular formula is C24H21ClN6O2S2. The third-order valence-electron chi connectivity index (χ3n) is 4.85. The topological polar surface area (TPSA) is 129 Å².